The molecule has 0 saturated carbocycles. The summed E-state index contributed by atoms with van der Waals surface area (Å²) in [7, 11) is 0. The van der Waals surface area contributed by atoms with Gasteiger partial charge in [-0.05, 0) is 154 Å². The minimum Gasteiger partial charge on any atom is -0.506 e. The molecule has 0 unspecified atom stereocenters. The molecule has 1 aliphatic rings. The summed E-state index contributed by atoms with van der Waals surface area (Å²) >= 11 is 12.9. The predicted octanol–water partition coefficient (Wildman–Crippen LogP) is 7.79. The number of carboxylic acids is 1. The summed E-state index contributed by atoms with van der Waals surface area (Å²) in [5.74, 6) is -1.14. The summed E-state index contributed by atoms with van der Waals surface area (Å²) < 4.78 is 1.67. The van der Waals surface area contributed by atoms with Crippen molar-refractivity contribution in [3.8, 4) is 11.8 Å². The number of hydrogen-bond acceptors (Lipinski definition) is 4. The second kappa shape index (κ2) is 10.5. The van der Waals surface area contributed by atoms with E-state index < -0.39 is 5.97 Å². The second-order valence-electron chi connectivity index (χ2n) is 8.16. The maximum absolute atomic E-state index is 12.7. The molecular formula is C26H19ClI3NO4. The van der Waals surface area contributed by atoms with Gasteiger partial charge in [0.25, 0.3) is 0 Å². The summed E-state index contributed by atoms with van der Waals surface area (Å²) in [6, 6.07) is 3.91. The maximum atomic E-state index is 12.7. The predicted molar refractivity (Wildman–Crippen MR) is 162 cm³/mol. The minimum absolute atomic E-state index is 0.00254. The third kappa shape index (κ3) is 4.69. The number of nitriles is 1. The number of aromatic carboxylic acids is 1. The van der Waals surface area contributed by atoms with Crippen molar-refractivity contribution in [2.45, 2.75) is 34.6 Å². The van der Waals surface area contributed by atoms with E-state index in [4.69, 9.17) is 11.6 Å². The van der Waals surface area contributed by atoms with Crippen LogP contribution in [0.2, 0.25) is 5.02 Å². The van der Waals surface area contributed by atoms with Crippen LogP contribution in [-0.2, 0) is 4.79 Å². The number of carbonyl (C=O) groups excluding carboxylic acids is 1. The monoisotopic (exact) mass is 825 g/mol. The van der Waals surface area contributed by atoms with Crippen LogP contribution in [0.3, 0.4) is 0 Å². The fourth-order valence-electron chi connectivity index (χ4n) is 4.09. The molecule has 9 heteroatoms. The number of carboxylic acid groups (broad SMARTS) is 1. The van der Waals surface area contributed by atoms with Gasteiger partial charge in [0, 0.05) is 11.1 Å². The van der Waals surface area contributed by atoms with Gasteiger partial charge in [0.2, 0.25) is 0 Å². The number of halogens is 4. The maximum Gasteiger partial charge on any atom is 0.336 e. The minimum atomic E-state index is -1.17. The van der Waals surface area contributed by atoms with Crippen molar-refractivity contribution < 1.29 is 19.8 Å². The van der Waals surface area contributed by atoms with Crippen molar-refractivity contribution in [2.75, 3.05) is 0 Å². The van der Waals surface area contributed by atoms with E-state index in [-0.39, 0.29) is 33.2 Å². The Balaban J connectivity index is 2.75. The SMILES string of the molecule is CC1=C(C)/C(=C(\c2cc(I)c(O)c(I)c2C)c2c(Cl)c(C#N)c(C)c(C)c2C(=O)O)C=C(I)C1=O. The van der Waals surface area contributed by atoms with Gasteiger partial charge in [0.1, 0.15) is 11.8 Å². The number of ketones is 1. The average molecular weight is 826 g/mol. The summed E-state index contributed by atoms with van der Waals surface area (Å²) in [4.78, 5) is 25.3. The molecule has 2 N–H and O–H groups in total. The van der Waals surface area contributed by atoms with Crippen LogP contribution < -0.4 is 0 Å². The lowest BCUT2D eigenvalue weighted by Crippen LogP contribution is -2.14. The van der Waals surface area contributed by atoms with Gasteiger partial charge >= 0.3 is 5.97 Å². The number of rotatable bonds is 3. The molecule has 0 radical (unpaired) electrons. The van der Waals surface area contributed by atoms with E-state index in [0.29, 0.717) is 49.7 Å². The van der Waals surface area contributed by atoms with Gasteiger partial charge in [-0.1, -0.05) is 11.6 Å². The van der Waals surface area contributed by atoms with Crippen LogP contribution in [0.1, 0.15) is 57.6 Å². The van der Waals surface area contributed by atoms with Crippen LogP contribution >= 0.6 is 79.4 Å². The molecule has 5 nitrogen and oxygen atoms in total. The largest absolute Gasteiger partial charge is 0.506 e. The highest BCUT2D eigenvalue weighted by molar-refractivity contribution is 14.1. The molecule has 0 aromatic heterocycles. The Kier molecular flexibility index (Phi) is 8.45. The van der Waals surface area contributed by atoms with Gasteiger partial charge in [0.05, 0.1) is 26.9 Å². The van der Waals surface area contributed by atoms with E-state index in [0.717, 1.165) is 5.56 Å². The Morgan fingerprint density at radius 3 is 2.14 bits per heavy atom. The first-order chi connectivity index (χ1) is 16.3. The van der Waals surface area contributed by atoms with Crippen LogP contribution in [0.4, 0.5) is 0 Å². The average Bonchev–Trinajstić information content (AvgIpc) is 2.80. The van der Waals surface area contributed by atoms with Gasteiger partial charge in [0.15, 0.2) is 5.78 Å². The molecule has 1 aliphatic carbocycles. The van der Waals surface area contributed by atoms with Gasteiger partial charge < -0.3 is 10.2 Å². The molecule has 0 amide bonds. The van der Waals surface area contributed by atoms with Crippen LogP contribution in [0.5, 0.6) is 5.75 Å². The molecule has 0 aliphatic heterocycles. The fraction of sp³-hybridized carbons (Fsp3) is 0.192. The van der Waals surface area contributed by atoms with Crippen molar-refractivity contribution >= 4 is 96.7 Å². The second-order valence-corrected chi connectivity index (χ2v) is 11.9. The molecule has 0 bridgehead atoms. The molecule has 0 heterocycles. The molecule has 2 aromatic carbocycles. The Hall–Kier alpha value is -1.43. The first-order valence-corrected chi connectivity index (χ1v) is 13.9. The van der Waals surface area contributed by atoms with Crippen LogP contribution in [-0.4, -0.2) is 22.0 Å². The summed E-state index contributed by atoms with van der Waals surface area (Å²) in [6.07, 6.45) is 1.73. The van der Waals surface area contributed by atoms with E-state index in [1.165, 1.54) is 0 Å². The Morgan fingerprint density at radius 1 is 1.00 bits per heavy atom. The lowest BCUT2D eigenvalue weighted by atomic mass is 9.80. The molecule has 0 saturated heterocycles. The number of carbonyl (C=O) groups is 2. The Bertz CT molecular complexity index is 1490. The normalized spacial score (nSPS) is 15.2. The summed E-state index contributed by atoms with van der Waals surface area (Å²) in [5, 5.41) is 30.8. The fourth-order valence-corrected chi connectivity index (χ4v) is 6.85. The quantitative estimate of drug-likeness (QED) is 0.308. The van der Waals surface area contributed by atoms with Crippen molar-refractivity contribution in [3.63, 3.8) is 0 Å². The number of phenolic OH excluding ortho intramolecular Hbond substituents is 1. The first kappa shape index (κ1) is 28.1. The zero-order valence-corrected chi connectivity index (χ0v) is 26.6. The number of Topliss-reactive ketones (excluding diaryl/α,β-unsaturated/α-hetero) is 1. The van der Waals surface area contributed by atoms with E-state index in [9.17, 15) is 25.1 Å². The van der Waals surface area contributed by atoms with Crippen molar-refractivity contribution in [3.05, 3.63) is 83.5 Å². The van der Waals surface area contributed by atoms with E-state index >= 15 is 0 Å². The standard InChI is InChI=1S/C26H19ClI3NO4/c1-9-11(3)19(26(34)35)21(22(27)16(9)8-31)20(14-6-17(28)24(32)12(4)10(14)2)15-7-18(29)25(33)23(30)13(15)5/h6-7,33H,1-5H3,(H,34,35)/b20-14+. The third-order valence-corrected chi connectivity index (χ3v) is 9.67. The van der Waals surface area contributed by atoms with Gasteiger partial charge in [-0.2, -0.15) is 5.26 Å². The Morgan fingerprint density at radius 2 is 1.60 bits per heavy atom. The van der Waals surface area contributed by atoms with Crippen LogP contribution in [0.15, 0.2) is 32.4 Å². The topological polar surface area (TPSA) is 98.4 Å². The van der Waals surface area contributed by atoms with Gasteiger partial charge in [-0.25, -0.2) is 4.79 Å². The molecule has 35 heavy (non-hydrogen) atoms. The van der Waals surface area contributed by atoms with E-state index in [2.05, 4.69) is 28.7 Å². The number of allylic oxidation sites excluding steroid dienone is 5. The summed E-state index contributed by atoms with van der Waals surface area (Å²) in [6.45, 7) is 8.73. The number of phenols is 1. The van der Waals surface area contributed by atoms with Crippen LogP contribution in [0, 0.1) is 39.2 Å². The highest BCUT2D eigenvalue weighted by Crippen LogP contribution is 2.46. The Labute approximate surface area is 249 Å². The first-order valence-electron chi connectivity index (χ1n) is 10.2. The van der Waals surface area contributed by atoms with Crippen LogP contribution in [0.25, 0.3) is 5.57 Å². The highest BCUT2D eigenvalue weighted by atomic mass is 127. The van der Waals surface area contributed by atoms with E-state index in [1.54, 1.807) is 32.9 Å². The summed E-state index contributed by atoms with van der Waals surface area (Å²) in [5.41, 5.74) is 5.11. The molecule has 0 spiro atoms. The number of benzene rings is 2. The number of hydrogen-bond donors (Lipinski definition) is 2. The number of aromatic hydroxyl groups is 1. The van der Waals surface area contributed by atoms with E-state index in [1.807, 2.05) is 59.0 Å². The van der Waals surface area contributed by atoms with Gasteiger partial charge in [-0.3, -0.25) is 4.79 Å². The van der Waals surface area contributed by atoms with Crippen molar-refractivity contribution in [1.82, 2.24) is 0 Å². The van der Waals surface area contributed by atoms with Gasteiger partial charge in [-0.15, -0.1) is 0 Å². The third-order valence-electron chi connectivity index (χ3n) is 6.35. The molecule has 0 fully saturated rings. The number of nitrogens with zero attached hydrogens (tertiary/aromatic N) is 1. The smallest absolute Gasteiger partial charge is 0.336 e. The molecule has 2 aromatic rings. The zero-order chi connectivity index (χ0) is 26.5. The lowest BCUT2D eigenvalue weighted by Gasteiger charge is -2.25. The molecule has 180 valence electrons. The van der Waals surface area contributed by atoms with Crippen molar-refractivity contribution in [2.24, 2.45) is 0 Å². The molecule has 0 atom stereocenters. The lowest BCUT2D eigenvalue weighted by molar-refractivity contribution is -0.111. The molecular weight excluding hydrogens is 806 g/mol. The highest BCUT2D eigenvalue weighted by Gasteiger charge is 2.31. The zero-order valence-electron chi connectivity index (χ0n) is 19.3. The molecule has 3 rings (SSSR count). The van der Waals surface area contributed by atoms with Crippen molar-refractivity contribution in [1.29, 1.82) is 5.26 Å².